The summed E-state index contributed by atoms with van der Waals surface area (Å²) in [6.07, 6.45) is 1.91. The molecule has 0 aliphatic rings. The first kappa shape index (κ1) is 12.4. The third-order valence-electron chi connectivity index (χ3n) is 1.82. The van der Waals surface area contributed by atoms with Gasteiger partial charge in [0.1, 0.15) is 12.4 Å². The van der Waals surface area contributed by atoms with Crippen molar-refractivity contribution in [3.63, 3.8) is 0 Å². The predicted octanol–water partition coefficient (Wildman–Crippen LogP) is 3.28. The van der Waals surface area contributed by atoms with E-state index in [2.05, 4.69) is 0 Å². The van der Waals surface area contributed by atoms with Crippen LogP contribution in [0.2, 0.25) is 10.0 Å². The van der Waals surface area contributed by atoms with Gasteiger partial charge in [-0.15, -0.1) is 0 Å². The molecule has 0 aromatic heterocycles. The first-order valence-electron chi connectivity index (χ1n) is 4.57. The number of nitrogens with two attached hydrogens (primary N) is 1. The van der Waals surface area contributed by atoms with Crippen LogP contribution in [0.1, 0.15) is 6.92 Å². The molecule has 4 heteroatoms. The SMILES string of the molecule is CC(=CCN)COc1ccc(Cl)cc1Cl. The molecule has 0 atom stereocenters. The van der Waals surface area contributed by atoms with Gasteiger partial charge in [0.2, 0.25) is 0 Å². The van der Waals surface area contributed by atoms with Gasteiger partial charge in [0.05, 0.1) is 5.02 Å². The third kappa shape index (κ3) is 4.12. The lowest BCUT2D eigenvalue weighted by Crippen LogP contribution is -2.02. The Morgan fingerprint density at radius 3 is 2.80 bits per heavy atom. The maximum atomic E-state index is 5.94. The molecule has 82 valence electrons. The van der Waals surface area contributed by atoms with E-state index in [1.165, 1.54) is 0 Å². The fraction of sp³-hybridized carbons (Fsp3) is 0.273. The van der Waals surface area contributed by atoms with Crippen LogP contribution in [0.4, 0.5) is 0 Å². The van der Waals surface area contributed by atoms with Crippen LogP contribution >= 0.6 is 23.2 Å². The highest BCUT2D eigenvalue weighted by Crippen LogP contribution is 2.27. The lowest BCUT2D eigenvalue weighted by molar-refractivity contribution is 0.352. The number of benzene rings is 1. The van der Waals surface area contributed by atoms with E-state index in [-0.39, 0.29) is 0 Å². The smallest absolute Gasteiger partial charge is 0.138 e. The largest absolute Gasteiger partial charge is 0.488 e. The topological polar surface area (TPSA) is 35.2 Å². The molecular formula is C11H13Cl2NO. The van der Waals surface area contributed by atoms with E-state index in [1.807, 2.05) is 13.0 Å². The number of ether oxygens (including phenoxy) is 1. The molecule has 0 spiro atoms. The summed E-state index contributed by atoms with van der Waals surface area (Å²) < 4.78 is 5.49. The van der Waals surface area contributed by atoms with Gasteiger partial charge in [-0.05, 0) is 30.7 Å². The van der Waals surface area contributed by atoms with Crippen molar-refractivity contribution in [2.75, 3.05) is 13.2 Å². The van der Waals surface area contributed by atoms with Gasteiger partial charge < -0.3 is 10.5 Å². The zero-order valence-corrected chi connectivity index (χ0v) is 9.98. The van der Waals surface area contributed by atoms with Gasteiger partial charge in [0.15, 0.2) is 0 Å². The minimum atomic E-state index is 0.485. The summed E-state index contributed by atoms with van der Waals surface area (Å²) in [5, 5.41) is 1.12. The summed E-state index contributed by atoms with van der Waals surface area (Å²) in [5.74, 6) is 0.630. The fourth-order valence-electron chi connectivity index (χ4n) is 1.04. The van der Waals surface area contributed by atoms with Crippen LogP contribution in [-0.4, -0.2) is 13.2 Å². The van der Waals surface area contributed by atoms with Gasteiger partial charge >= 0.3 is 0 Å². The van der Waals surface area contributed by atoms with Crippen LogP contribution in [-0.2, 0) is 0 Å². The van der Waals surface area contributed by atoms with E-state index in [1.54, 1.807) is 18.2 Å². The Kier molecular flexibility index (Phi) is 4.95. The quantitative estimate of drug-likeness (QED) is 0.827. The summed E-state index contributed by atoms with van der Waals surface area (Å²) in [7, 11) is 0. The maximum absolute atomic E-state index is 5.94. The van der Waals surface area contributed by atoms with Crippen molar-refractivity contribution in [2.24, 2.45) is 5.73 Å². The molecule has 0 unspecified atom stereocenters. The third-order valence-corrected chi connectivity index (χ3v) is 2.35. The molecule has 0 fully saturated rings. The van der Waals surface area contributed by atoms with Gasteiger partial charge in [-0.2, -0.15) is 0 Å². The van der Waals surface area contributed by atoms with E-state index in [9.17, 15) is 0 Å². The monoisotopic (exact) mass is 245 g/mol. The van der Waals surface area contributed by atoms with Crippen LogP contribution in [0, 0.1) is 0 Å². The molecule has 0 aliphatic heterocycles. The Morgan fingerprint density at radius 1 is 1.47 bits per heavy atom. The summed E-state index contributed by atoms with van der Waals surface area (Å²) in [4.78, 5) is 0. The standard InChI is InChI=1S/C11H13Cl2NO/c1-8(4-5-14)7-15-11-3-2-9(12)6-10(11)13/h2-4,6H,5,7,14H2,1H3. The maximum Gasteiger partial charge on any atom is 0.138 e. The number of hydrogen-bond acceptors (Lipinski definition) is 2. The number of rotatable bonds is 4. The van der Waals surface area contributed by atoms with Gasteiger partial charge in [-0.25, -0.2) is 0 Å². The Balaban J connectivity index is 2.62. The molecule has 1 aromatic carbocycles. The normalized spacial score (nSPS) is 11.6. The van der Waals surface area contributed by atoms with E-state index < -0.39 is 0 Å². The average molecular weight is 246 g/mol. The second-order valence-corrected chi connectivity index (χ2v) is 3.99. The van der Waals surface area contributed by atoms with E-state index in [0.29, 0.717) is 28.9 Å². The van der Waals surface area contributed by atoms with Crippen molar-refractivity contribution >= 4 is 23.2 Å². The average Bonchev–Trinajstić information content (AvgIpc) is 2.17. The van der Waals surface area contributed by atoms with Crippen LogP contribution in [0.5, 0.6) is 5.75 Å². The summed E-state index contributed by atoms with van der Waals surface area (Å²) in [5.41, 5.74) is 6.45. The number of halogens is 2. The van der Waals surface area contributed by atoms with Gasteiger partial charge in [0, 0.05) is 11.6 Å². The molecule has 2 nitrogen and oxygen atoms in total. The summed E-state index contributed by atoms with van der Waals surface area (Å²) in [6, 6.07) is 5.14. The summed E-state index contributed by atoms with van der Waals surface area (Å²) in [6.45, 7) is 2.96. The van der Waals surface area contributed by atoms with Gasteiger partial charge in [0.25, 0.3) is 0 Å². The molecule has 0 bridgehead atoms. The van der Waals surface area contributed by atoms with Crippen LogP contribution in [0.15, 0.2) is 29.8 Å². The fourth-order valence-corrected chi connectivity index (χ4v) is 1.51. The zero-order chi connectivity index (χ0) is 11.3. The Labute approximate surface area is 99.6 Å². The van der Waals surface area contributed by atoms with Crippen molar-refractivity contribution in [3.05, 3.63) is 39.9 Å². The molecule has 0 heterocycles. The highest BCUT2D eigenvalue weighted by molar-refractivity contribution is 6.35. The lowest BCUT2D eigenvalue weighted by atomic mass is 10.3. The second kappa shape index (κ2) is 6.01. The van der Waals surface area contributed by atoms with E-state index in [4.69, 9.17) is 33.7 Å². The van der Waals surface area contributed by atoms with Crippen LogP contribution in [0.3, 0.4) is 0 Å². The Hall–Kier alpha value is -0.700. The summed E-state index contributed by atoms with van der Waals surface area (Å²) >= 11 is 11.7. The highest BCUT2D eigenvalue weighted by atomic mass is 35.5. The Bertz CT molecular complexity index is 364. The van der Waals surface area contributed by atoms with Crippen molar-refractivity contribution in [1.29, 1.82) is 0 Å². The highest BCUT2D eigenvalue weighted by Gasteiger charge is 2.01. The molecule has 0 amide bonds. The van der Waals surface area contributed by atoms with E-state index in [0.717, 1.165) is 5.57 Å². The number of hydrogen-bond donors (Lipinski definition) is 1. The van der Waals surface area contributed by atoms with Crippen molar-refractivity contribution in [3.8, 4) is 5.75 Å². The molecular weight excluding hydrogens is 233 g/mol. The van der Waals surface area contributed by atoms with Crippen molar-refractivity contribution < 1.29 is 4.74 Å². The molecule has 0 radical (unpaired) electrons. The first-order valence-corrected chi connectivity index (χ1v) is 5.32. The molecule has 0 aliphatic carbocycles. The molecule has 15 heavy (non-hydrogen) atoms. The minimum Gasteiger partial charge on any atom is -0.488 e. The zero-order valence-electron chi connectivity index (χ0n) is 8.47. The van der Waals surface area contributed by atoms with Crippen molar-refractivity contribution in [1.82, 2.24) is 0 Å². The predicted molar refractivity (Wildman–Crippen MR) is 64.8 cm³/mol. The van der Waals surface area contributed by atoms with Crippen molar-refractivity contribution in [2.45, 2.75) is 6.92 Å². The first-order chi connectivity index (χ1) is 7.13. The molecule has 2 N–H and O–H groups in total. The van der Waals surface area contributed by atoms with Crippen LogP contribution < -0.4 is 10.5 Å². The van der Waals surface area contributed by atoms with Gasteiger partial charge in [-0.3, -0.25) is 0 Å². The lowest BCUT2D eigenvalue weighted by Gasteiger charge is -2.08. The molecule has 0 saturated heterocycles. The molecule has 0 saturated carbocycles. The van der Waals surface area contributed by atoms with E-state index >= 15 is 0 Å². The van der Waals surface area contributed by atoms with Crippen LogP contribution in [0.25, 0.3) is 0 Å². The Morgan fingerprint density at radius 2 is 2.20 bits per heavy atom. The minimum absolute atomic E-state index is 0.485. The molecule has 1 rings (SSSR count). The van der Waals surface area contributed by atoms with Gasteiger partial charge in [-0.1, -0.05) is 29.3 Å². The molecule has 1 aromatic rings. The second-order valence-electron chi connectivity index (χ2n) is 3.15.